The molecule has 6 aromatic carbocycles. The third kappa shape index (κ3) is 5.29. The standard InChI is InChI=1S/C39H26FN7O2/c40-31-12-6-14-33-35(31)47(23-43-33)37(39(49)45-30-18-16-25-8-2-4-10-27(25)20-30)36(46-22-42-32-13-5-11-28(21-41)34(32)46)38(48)44-29-17-15-24-7-1-3-9-26(24)19-29/h1-20,22-23,36-37H,(H,44,48)(H,45,49). The van der Waals surface area contributed by atoms with Crippen LogP contribution in [0.2, 0.25) is 0 Å². The summed E-state index contributed by atoms with van der Waals surface area (Å²) in [5.41, 5.74) is 2.42. The Morgan fingerprint density at radius 3 is 1.65 bits per heavy atom. The molecule has 2 heterocycles. The number of hydrogen-bond donors (Lipinski definition) is 2. The molecule has 2 aromatic heterocycles. The van der Waals surface area contributed by atoms with E-state index in [2.05, 4.69) is 26.7 Å². The Morgan fingerprint density at radius 2 is 1.10 bits per heavy atom. The summed E-state index contributed by atoms with van der Waals surface area (Å²) >= 11 is 0. The molecular formula is C39H26FN7O2. The fourth-order valence-corrected chi connectivity index (χ4v) is 6.46. The molecule has 49 heavy (non-hydrogen) atoms. The number of carbonyl (C=O) groups is 2. The summed E-state index contributed by atoms with van der Waals surface area (Å²) in [4.78, 5) is 38.3. The number of imidazole rings is 2. The molecular weight excluding hydrogens is 617 g/mol. The molecule has 0 saturated carbocycles. The van der Waals surface area contributed by atoms with E-state index in [4.69, 9.17) is 0 Å². The number of carbonyl (C=O) groups excluding carboxylic acids is 2. The van der Waals surface area contributed by atoms with Gasteiger partial charge in [0.15, 0.2) is 0 Å². The Balaban J connectivity index is 1.32. The van der Waals surface area contributed by atoms with Gasteiger partial charge >= 0.3 is 0 Å². The molecule has 2 atom stereocenters. The average molecular weight is 644 g/mol. The van der Waals surface area contributed by atoms with E-state index < -0.39 is 29.7 Å². The number of amides is 2. The van der Waals surface area contributed by atoms with E-state index >= 15 is 4.39 Å². The Kier molecular flexibility index (Phi) is 7.27. The van der Waals surface area contributed by atoms with E-state index in [0.717, 1.165) is 21.5 Å². The summed E-state index contributed by atoms with van der Waals surface area (Å²) in [5.74, 6) is -1.80. The van der Waals surface area contributed by atoms with Crippen LogP contribution in [-0.4, -0.2) is 30.9 Å². The third-order valence-electron chi connectivity index (χ3n) is 8.73. The minimum Gasteiger partial charge on any atom is -0.324 e. The van der Waals surface area contributed by atoms with Crippen LogP contribution >= 0.6 is 0 Å². The van der Waals surface area contributed by atoms with Crippen molar-refractivity contribution >= 4 is 66.8 Å². The van der Waals surface area contributed by atoms with Crippen molar-refractivity contribution in [1.82, 2.24) is 19.1 Å². The van der Waals surface area contributed by atoms with Crippen molar-refractivity contribution in [2.24, 2.45) is 0 Å². The molecule has 2 N–H and O–H groups in total. The highest BCUT2D eigenvalue weighted by molar-refractivity contribution is 6.04. The van der Waals surface area contributed by atoms with Crippen molar-refractivity contribution in [3.63, 3.8) is 0 Å². The molecule has 0 aliphatic heterocycles. The second-order valence-electron chi connectivity index (χ2n) is 11.7. The first-order valence-electron chi connectivity index (χ1n) is 15.5. The highest BCUT2D eigenvalue weighted by Gasteiger charge is 2.39. The summed E-state index contributed by atoms with van der Waals surface area (Å²) in [6.07, 6.45) is 2.79. The van der Waals surface area contributed by atoms with Crippen LogP contribution in [0.4, 0.5) is 15.8 Å². The summed E-state index contributed by atoms with van der Waals surface area (Å²) in [6, 6.07) is 35.4. The minimum atomic E-state index is -1.40. The Labute approximate surface area is 278 Å². The lowest BCUT2D eigenvalue weighted by Crippen LogP contribution is -2.40. The maximum Gasteiger partial charge on any atom is 0.250 e. The van der Waals surface area contributed by atoms with Crippen molar-refractivity contribution in [3.8, 4) is 6.07 Å². The van der Waals surface area contributed by atoms with Crippen molar-refractivity contribution in [1.29, 1.82) is 5.26 Å². The van der Waals surface area contributed by atoms with Crippen LogP contribution in [0.1, 0.15) is 17.6 Å². The van der Waals surface area contributed by atoms with Crippen LogP contribution in [0.3, 0.4) is 0 Å². The Hall–Kier alpha value is -6.86. The zero-order chi connectivity index (χ0) is 33.5. The first-order chi connectivity index (χ1) is 24.0. The van der Waals surface area contributed by atoms with Crippen molar-refractivity contribution in [3.05, 3.63) is 145 Å². The van der Waals surface area contributed by atoms with E-state index in [-0.39, 0.29) is 11.1 Å². The molecule has 2 unspecified atom stereocenters. The predicted octanol–water partition coefficient (Wildman–Crippen LogP) is 7.76. The number of fused-ring (bicyclic) bond motifs is 4. The minimum absolute atomic E-state index is 0.0506. The number of aromatic nitrogens is 4. The van der Waals surface area contributed by atoms with Crippen LogP contribution in [0.15, 0.2) is 134 Å². The first-order valence-corrected chi connectivity index (χ1v) is 15.5. The van der Waals surface area contributed by atoms with Gasteiger partial charge in [-0.1, -0.05) is 72.8 Å². The molecule has 236 valence electrons. The lowest BCUT2D eigenvalue weighted by atomic mass is 10.0. The number of rotatable bonds is 7. The Bertz CT molecular complexity index is 2620. The number of para-hydroxylation sites is 2. The van der Waals surface area contributed by atoms with E-state index in [0.29, 0.717) is 27.9 Å². The molecule has 2 amide bonds. The van der Waals surface area contributed by atoms with Crippen molar-refractivity contribution in [2.75, 3.05) is 10.6 Å². The van der Waals surface area contributed by atoms with Crippen molar-refractivity contribution < 1.29 is 14.0 Å². The summed E-state index contributed by atoms with van der Waals surface area (Å²) in [6.45, 7) is 0. The molecule has 10 heteroatoms. The number of nitriles is 1. The molecule has 0 radical (unpaired) electrons. The highest BCUT2D eigenvalue weighted by Crippen LogP contribution is 2.35. The predicted molar refractivity (Wildman–Crippen MR) is 187 cm³/mol. The molecule has 8 aromatic rings. The topological polar surface area (TPSA) is 118 Å². The highest BCUT2D eigenvalue weighted by atomic mass is 19.1. The smallest absolute Gasteiger partial charge is 0.250 e. The Morgan fingerprint density at radius 1 is 0.612 bits per heavy atom. The van der Waals surface area contributed by atoms with Crippen LogP contribution in [-0.2, 0) is 9.59 Å². The fraction of sp³-hybridized carbons (Fsp3) is 0.0513. The zero-order valence-corrected chi connectivity index (χ0v) is 25.8. The van der Waals surface area contributed by atoms with Gasteiger partial charge in [0.25, 0.3) is 0 Å². The quantitative estimate of drug-likeness (QED) is 0.184. The van der Waals surface area contributed by atoms with Crippen molar-refractivity contribution in [2.45, 2.75) is 12.1 Å². The number of halogens is 1. The number of nitrogens with one attached hydrogen (secondary N) is 2. The monoisotopic (exact) mass is 643 g/mol. The summed E-state index contributed by atoms with van der Waals surface area (Å²) in [5, 5.41) is 19.9. The van der Waals surface area contributed by atoms with Gasteiger partial charge in [-0.25, -0.2) is 14.4 Å². The molecule has 0 bridgehead atoms. The van der Waals surface area contributed by atoms with E-state index in [9.17, 15) is 14.9 Å². The number of nitrogens with zero attached hydrogens (tertiary/aromatic N) is 5. The van der Waals surface area contributed by atoms with Gasteiger partial charge in [0.1, 0.15) is 29.5 Å². The molecule has 0 saturated heterocycles. The molecule has 0 aliphatic carbocycles. The van der Waals surface area contributed by atoms with Gasteiger partial charge in [0.2, 0.25) is 11.8 Å². The maximum absolute atomic E-state index is 15.6. The summed E-state index contributed by atoms with van der Waals surface area (Å²) in [7, 11) is 0. The van der Waals surface area contributed by atoms with Crippen LogP contribution < -0.4 is 10.6 Å². The van der Waals surface area contributed by atoms with Crippen LogP contribution in [0.5, 0.6) is 0 Å². The first kappa shape index (κ1) is 29.5. The normalized spacial score (nSPS) is 12.6. The molecule has 8 rings (SSSR count). The lowest BCUT2D eigenvalue weighted by molar-refractivity contribution is -0.127. The van der Waals surface area contributed by atoms with Gasteiger partial charge in [-0.3, -0.25) is 9.59 Å². The van der Waals surface area contributed by atoms with Gasteiger partial charge < -0.3 is 19.8 Å². The maximum atomic E-state index is 15.6. The number of benzene rings is 6. The molecule has 0 fully saturated rings. The molecule has 0 spiro atoms. The van der Waals surface area contributed by atoms with Gasteiger partial charge in [0, 0.05) is 11.4 Å². The van der Waals surface area contributed by atoms with E-state index in [1.807, 2.05) is 72.8 Å². The van der Waals surface area contributed by atoms with Crippen LogP contribution in [0, 0.1) is 17.1 Å². The second kappa shape index (κ2) is 12.1. The largest absolute Gasteiger partial charge is 0.324 e. The van der Waals surface area contributed by atoms with Gasteiger partial charge in [-0.2, -0.15) is 5.26 Å². The SMILES string of the molecule is N#Cc1cccc2ncn(C(C(=O)Nc3ccc4ccccc4c3)C(C(=O)Nc3ccc4ccccc4c3)n3cnc4cccc(F)c43)c12. The molecule has 9 nitrogen and oxygen atoms in total. The van der Waals surface area contributed by atoms with Crippen LogP contribution in [0.25, 0.3) is 43.6 Å². The summed E-state index contributed by atoms with van der Waals surface area (Å²) < 4.78 is 18.5. The fourth-order valence-electron chi connectivity index (χ4n) is 6.46. The van der Waals surface area contributed by atoms with E-state index in [1.54, 1.807) is 36.4 Å². The molecule has 0 aliphatic rings. The zero-order valence-electron chi connectivity index (χ0n) is 25.8. The second-order valence-corrected chi connectivity index (χ2v) is 11.7. The van der Waals surface area contributed by atoms with Gasteiger partial charge in [0.05, 0.1) is 34.8 Å². The van der Waals surface area contributed by atoms with E-state index in [1.165, 1.54) is 33.9 Å². The number of anilines is 2. The third-order valence-corrected chi connectivity index (χ3v) is 8.73. The van der Waals surface area contributed by atoms with Gasteiger partial charge in [-0.15, -0.1) is 0 Å². The van der Waals surface area contributed by atoms with Gasteiger partial charge in [-0.05, 0) is 70.1 Å². The number of hydrogen-bond acceptors (Lipinski definition) is 5. The lowest BCUT2D eigenvalue weighted by Gasteiger charge is -2.29. The average Bonchev–Trinajstić information content (AvgIpc) is 3.75.